The third kappa shape index (κ3) is 1.97. The normalized spacial score (nSPS) is 16.5. The van der Waals surface area contributed by atoms with Crippen LogP contribution in [0.1, 0.15) is 50.0 Å². The van der Waals surface area contributed by atoms with Gasteiger partial charge in [-0.25, -0.2) is 4.98 Å². The van der Waals surface area contributed by atoms with Crippen LogP contribution in [-0.4, -0.2) is 9.97 Å². The summed E-state index contributed by atoms with van der Waals surface area (Å²) in [6.45, 7) is 4.26. The minimum atomic E-state index is 0.431. The first kappa shape index (κ1) is 8.88. The molecule has 13 heavy (non-hydrogen) atoms. The van der Waals surface area contributed by atoms with Crippen molar-refractivity contribution in [1.29, 1.82) is 0 Å². The minimum Gasteiger partial charge on any atom is -0.347 e. The van der Waals surface area contributed by atoms with E-state index in [4.69, 9.17) is 12.2 Å². The lowest BCUT2D eigenvalue weighted by Gasteiger charge is -2.06. The van der Waals surface area contributed by atoms with E-state index in [2.05, 4.69) is 23.8 Å². The van der Waals surface area contributed by atoms with Crippen LogP contribution >= 0.6 is 12.2 Å². The molecule has 3 heteroatoms. The molecule has 1 saturated carbocycles. The molecule has 1 aliphatic rings. The Morgan fingerprint density at radius 2 is 2.23 bits per heavy atom. The largest absolute Gasteiger partial charge is 0.347 e. The average molecular weight is 194 g/mol. The predicted octanol–water partition coefficient (Wildman–Crippen LogP) is 3.14. The molecule has 1 aliphatic carbocycles. The number of rotatable bonds is 2. The number of aromatic amines is 1. The van der Waals surface area contributed by atoms with Crippen molar-refractivity contribution in [2.75, 3.05) is 0 Å². The first-order valence-corrected chi connectivity index (χ1v) is 5.19. The topological polar surface area (TPSA) is 28.7 Å². The second kappa shape index (κ2) is 3.22. The Morgan fingerprint density at radius 3 is 2.77 bits per heavy atom. The second-order valence-corrected chi connectivity index (χ2v) is 4.41. The molecule has 0 radical (unpaired) electrons. The van der Waals surface area contributed by atoms with E-state index in [-0.39, 0.29) is 0 Å². The van der Waals surface area contributed by atoms with Crippen LogP contribution in [0.15, 0.2) is 6.07 Å². The maximum atomic E-state index is 5.12. The van der Waals surface area contributed by atoms with Gasteiger partial charge >= 0.3 is 0 Å². The molecule has 1 fully saturated rings. The van der Waals surface area contributed by atoms with Crippen molar-refractivity contribution < 1.29 is 0 Å². The first-order chi connectivity index (χ1) is 6.16. The first-order valence-electron chi connectivity index (χ1n) is 4.78. The van der Waals surface area contributed by atoms with E-state index >= 15 is 0 Å². The van der Waals surface area contributed by atoms with Gasteiger partial charge in [-0.3, -0.25) is 0 Å². The summed E-state index contributed by atoms with van der Waals surface area (Å²) in [5.74, 6) is 2.18. The molecule has 0 saturated heterocycles. The number of H-pyrrole nitrogens is 1. The van der Waals surface area contributed by atoms with Crippen LogP contribution in [0, 0.1) is 4.64 Å². The Kier molecular flexibility index (Phi) is 2.20. The molecule has 2 rings (SSSR count). The van der Waals surface area contributed by atoms with Gasteiger partial charge in [-0.05, 0) is 24.8 Å². The van der Waals surface area contributed by atoms with E-state index in [1.807, 2.05) is 6.07 Å². The fraction of sp³-hybridized carbons (Fsp3) is 0.600. The van der Waals surface area contributed by atoms with E-state index in [0.717, 1.165) is 16.4 Å². The van der Waals surface area contributed by atoms with Crippen molar-refractivity contribution in [3.63, 3.8) is 0 Å². The Hall–Kier alpha value is -0.700. The molecule has 70 valence electrons. The molecular weight excluding hydrogens is 180 g/mol. The summed E-state index contributed by atoms with van der Waals surface area (Å²) >= 11 is 5.12. The zero-order valence-electron chi connectivity index (χ0n) is 8.00. The monoisotopic (exact) mass is 194 g/mol. The molecule has 1 aromatic rings. The van der Waals surface area contributed by atoms with E-state index in [1.54, 1.807) is 0 Å². The quantitative estimate of drug-likeness (QED) is 0.733. The molecule has 0 spiro atoms. The van der Waals surface area contributed by atoms with Crippen molar-refractivity contribution in [3.05, 3.63) is 22.2 Å². The molecule has 1 heterocycles. The van der Waals surface area contributed by atoms with Gasteiger partial charge < -0.3 is 4.98 Å². The van der Waals surface area contributed by atoms with Crippen LogP contribution in [0.4, 0.5) is 0 Å². The van der Waals surface area contributed by atoms with Crippen molar-refractivity contribution in [1.82, 2.24) is 9.97 Å². The van der Waals surface area contributed by atoms with Crippen LogP contribution < -0.4 is 0 Å². The van der Waals surface area contributed by atoms with Crippen LogP contribution in [0.25, 0.3) is 0 Å². The Balaban J connectivity index is 2.41. The molecule has 0 unspecified atom stereocenters. The second-order valence-electron chi connectivity index (χ2n) is 3.99. The highest BCUT2D eigenvalue weighted by atomic mass is 32.1. The lowest BCUT2D eigenvalue weighted by Crippen LogP contribution is -2.00. The molecule has 1 aromatic heterocycles. The summed E-state index contributed by atoms with van der Waals surface area (Å²) in [5.41, 5.74) is 1.28. The molecular formula is C10H14N2S. The number of nitrogens with one attached hydrogen (secondary N) is 1. The molecule has 1 N–H and O–H groups in total. The van der Waals surface area contributed by atoms with Crippen LogP contribution in [0.3, 0.4) is 0 Å². The summed E-state index contributed by atoms with van der Waals surface area (Å²) in [6.07, 6.45) is 2.60. The van der Waals surface area contributed by atoms with E-state index < -0.39 is 0 Å². The Bertz CT molecular complexity index is 340. The molecule has 2 nitrogen and oxygen atoms in total. The highest BCUT2D eigenvalue weighted by molar-refractivity contribution is 7.71. The van der Waals surface area contributed by atoms with Crippen LogP contribution in [0.5, 0.6) is 0 Å². The molecule has 0 amide bonds. The number of nitrogens with zero attached hydrogens (tertiary/aromatic N) is 1. The lowest BCUT2D eigenvalue weighted by atomic mass is 10.2. The van der Waals surface area contributed by atoms with Crippen molar-refractivity contribution in [2.24, 2.45) is 0 Å². The fourth-order valence-electron chi connectivity index (χ4n) is 1.38. The molecule has 0 bridgehead atoms. The maximum absolute atomic E-state index is 5.12. The standard InChI is InChI=1S/C10H14N2S/c1-6(2)10-11-8(7-3-4-7)5-9(13)12-10/h5-7H,3-4H2,1-2H3,(H,11,12,13). The van der Waals surface area contributed by atoms with Crippen molar-refractivity contribution >= 4 is 12.2 Å². The van der Waals surface area contributed by atoms with Gasteiger partial charge in [0.05, 0.1) is 0 Å². The third-order valence-electron chi connectivity index (χ3n) is 2.35. The fourth-order valence-corrected chi connectivity index (χ4v) is 1.61. The van der Waals surface area contributed by atoms with Gasteiger partial charge in [0.25, 0.3) is 0 Å². The van der Waals surface area contributed by atoms with Gasteiger partial charge in [0.1, 0.15) is 10.5 Å². The van der Waals surface area contributed by atoms with Crippen molar-refractivity contribution in [2.45, 2.75) is 38.5 Å². The van der Waals surface area contributed by atoms with Gasteiger partial charge in [-0.15, -0.1) is 0 Å². The van der Waals surface area contributed by atoms with Gasteiger partial charge in [0.15, 0.2) is 0 Å². The highest BCUT2D eigenvalue weighted by Crippen LogP contribution is 2.39. The predicted molar refractivity (Wildman–Crippen MR) is 55.5 cm³/mol. The lowest BCUT2D eigenvalue weighted by molar-refractivity contribution is 0.754. The highest BCUT2D eigenvalue weighted by Gasteiger charge is 2.24. The van der Waals surface area contributed by atoms with Crippen LogP contribution in [0.2, 0.25) is 0 Å². The maximum Gasteiger partial charge on any atom is 0.130 e. The summed E-state index contributed by atoms with van der Waals surface area (Å²) in [4.78, 5) is 7.67. The van der Waals surface area contributed by atoms with Crippen LogP contribution in [-0.2, 0) is 0 Å². The molecule has 0 aromatic carbocycles. The zero-order chi connectivity index (χ0) is 9.42. The number of hydrogen-bond donors (Lipinski definition) is 1. The van der Waals surface area contributed by atoms with Crippen molar-refractivity contribution in [3.8, 4) is 0 Å². The van der Waals surface area contributed by atoms with Gasteiger partial charge in [0, 0.05) is 11.6 Å². The summed E-state index contributed by atoms with van der Waals surface area (Å²) < 4.78 is 0.726. The SMILES string of the molecule is CC(C)c1nc(=S)cc(C2CC2)[nH]1. The zero-order valence-corrected chi connectivity index (χ0v) is 8.82. The Labute approximate surface area is 83.4 Å². The summed E-state index contributed by atoms with van der Waals surface area (Å²) in [6, 6.07) is 2.00. The van der Waals surface area contributed by atoms with Gasteiger partial charge in [0.2, 0.25) is 0 Å². The molecule has 0 atom stereocenters. The molecule has 0 aliphatic heterocycles. The third-order valence-corrected chi connectivity index (χ3v) is 2.56. The Morgan fingerprint density at radius 1 is 1.54 bits per heavy atom. The smallest absolute Gasteiger partial charge is 0.130 e. The van der Waals surface area contributed by atoms with Gasteiger partial charge in [-0.1, -0.05) is 26.1 Å². The van der Waals surface area contributed by atoms with E-state index in [1.165, 1.54) is 18.5 Å². The van der Waals surface area contributed by atoms with Gasteiger partial charge in [-0.2, -0.15) is 0 Å². The minimum absolute atomic E-state index is 0.431. The summed E-state index contributed by atoms with van der Waals surface area (Å²) in [7, 11) is 0. The number of aromatic nitrogens is 2. The summed E-state index contributed by atoms with van der Waals surface area (Å²) in [5, 5.41) is 0. The number of hydrogen-bond acceptors (Lipinski definition) is 2. The van der Waals surface area contributed by atoms with E-state index in [9.17, 15) is 0 Å². The average Bonchev–Trinajstić information content (AvgIpc) is 2.85. The van der Waals surface area contributed by atoms with E-state index in [0.29, 0.717) is 5.92 Å².